The normalized spacial score (nSPS) is 10.2. The Morgan fingerprint density at radius 2 is 1.72 bits per heavy atom. The smallest absolute Gasteiger partial charge is 0.169 e. The molecule has 0 aliphatic rings. The number of rotatable bonds is 3. The zero-order valence-electron chi connectivity index (χ0n) is 10.2. The van der Waals surface area contributed by atoms with Gasteiger partial charge in [0.1, 0.15) is 5.75 Å². The summed E-state index contributed by atoms with van der Waals surface area (Å²) in [4.78, 5) is 0. The summed E-state index contributed by atoms with van der Waals surface area (Å²) >= 11 is 3.44. The van der Waals surface area contributed by atoms with Crippen molar-refractivity contribution in [2.75, 3.05) is 12.8 Å². The monoisotopic (exact) mass is 307 g/mol. The first-order chi connectivity index (χ1) is 8.61. The van der Waals surface area contributed by atoms with Crippen molar-refractivity contribution in [2.24, 2.45) is 0 Å². The van der Waals surface area contributed by atoms with E-state index in [4.69, 9.17) is 15.2 Å². The summed E-state index contributed by atoms with van der Waals surface area (Å²) in [6.45, 7) is 1.94. The number of anilines is 1. The van der Waals surface area contributed by atoms with Gasteiger partial charge in [-0.3, -0.25) is 0 Å². The van der Waals surface area contributed by atoms with E-state index in [9.17, 15) is 0 Å². The minimum absolute atomic E-state index is 0.671. The number of ether oxygens (including phenoxy) is 2. The zero-order valence-corrected chi connectivity index (χ0v) is 11.8. The van der Waals surface area contributed by atoms with E-state index in [0.29, 0.717) is 17.2 Å². The van der Waals surface area contributed by atoms with Crippen LogP contribution in [0.3, 0.4) is 0 Å². The molecule has 0 saturated heterocycles. The maximum atomic E-state index is 5.84. The number of para-hydroxylation sites is 2. The van der Waals surface area contributed by atoms with Crippen molar-refractivity contribution in [3.8, 4) is 17.2 Å². The summed E-state index contributed by atoms with van der Waals surface area (Å²) in [7, 11) is 1.62. The lowest BCUT2D eigenvalue weighted by Gasteiger charge is -2.12. The summed E-state index contributed by atoms with van der Waals surface area (Å²) < 4.78 is 11.9. The molecule has 2 aromatic rings. The lowest BCUT2D eigenvalue weighted by atomic mass is 10.2. The molecule has 0 bridgehead atoms. The van der Waals surface area contributed by atoms with Gasteiger partial charge < -0.3 is 15.2 Å². The van der Waals surface area contributed by atoms with E-state index in [1.165, 1.54) is 0 Å². The maximum absolute atomic E-state index is 5.84. The third-order valence-corrected chi connectivity index (χ3v) is 3.23. The molecule has 0 aliphatic carbocycles. The molecule has 4 heteroatoms. The number of benzene rings is 2. The molecule has 0 aromatic heterocycles. The van der Waals surface area contributed by atoms with Crippen LogP contribution in [0.15, 0.2) is 40.9 Å². The van der Waals surface area contributed by atoms with Gasteiger partial charge in [-0.1, -0.05) is 12.1 Å². The quantitative estimate of drug-likeness (QED) is 0.867. The third kappa shape index (κ3) is 2.59. The predicted molar refractivity (Wildman–Crippen MR) is 76.4 cm³/mol. The Morgan fingerprint density at radius 1 is 1.06 bits per heavy atom. The molecule has 0 radical (unpaired) electrons. The van der Waals surface area contributed by atoms with Gasteiger partial charge in [0.25, 0.3) is 0 Å². The molecule has 2 N–H and O–H groups in total. The lowest BCUT2D eigenvalue weighted by Crippen LogP contribution is -1.94. The van der Waals surface area contributed by atoms with Crippen LogP contribution in [0.1, 0.15) is 5.56 Å². The fraction of sp³-hybridized carbons (Fsp3) is 0.143. The SMILES string of the molecule is COc1ccccc1Oc1cc(C)c(N)cc1Br. The summed E-state index contributed by atoms with van der Waals surface area (Å²) in [5, 5.41) is 0. The molecule has 2 rings (SSSR count). The van der Waals surface area contributed by atoms with Crippen LogP contribution in [0.4, 0.5) is 5.69 Å². The summed E-state index contributed by atoms with van der Waals surface area (Å²) in [5.41, 5.74) is 7.53. The second-order valence-corrected chi connectivity index (χ2v) is 4.75. The van der Waals surface area contributed by atoms with E-state index in [2.05, 4.69) is 15.9 Å². The van der Waals surface area contributed by atoms with Gasteiger partial charge in [-0.25, -0.2) is 0 Å². The zero-order chi connectivity index (χ0) is 13.1. The second kappa shape index (κ2) is 5.31. The molecular formula is C14H14BrNO2. The lowest BCUT2D eigenvalue weighted by molar-refractivity contribution is 0.378. The average molecular weight is 308 g/mol. The summed E-state index contributed by atoms with van der Waals surface area (Å²) in [6.07, 6.45) is 0. The Bertz CT molecular complexity index is 570. The molecule has 2 aromatic carbocycles. The highest BCUT2D eigenvalue weighted by Crippen LogP contribution is 2.36. The molecule has 18 heavy (non-hydrogen) atoms. The Balaban J connectivity index is 2.37. The van der Waals surface area contributed by atoms with Crippen LogP contribution >= 0.6 is 15.9 Å². The Kier molecular flexibility index (Phi) is 3.77. The number of hydrogen-bond acceptors (Lipinski definition) is 3. The molecule has 0 aliphatic heterocycles. The van der Waals surface area contributed by atoms with Crippen molar-refractivity contribution in [1.82, 2.24) is 0 Å². The van der Waals surface area contributed by atoms with Gasteiger partial charge in [0, 0.05) is 5.69 Å². The van der Waals surface area contributed by atoms with Crippen LogP contribution in [0.25, 0.3) is 0 Å². The van der Waals surface area contributed by atoms with Crippen molar-refractivity contribution in [2.45, 2.75) is 6.92 Å². The number of aryl methyl sites for hydroxylation is 1. The summed E-state index contributed by atoms with van der Waals surface area (Å²) in [5.74, 6) is 2.08. The highest BCUT2D eigenvalue weighted by Gasteiger charge is 2.09. The Morgan fingerprint density at radius 3 is 2.39 bits per heavy atom. The minimum Gasteiger partial charge on any atom is -0.493 e. The Labute approximate surface area is 115 Å². The van der Waals surface area contributed by atoms with E-state index in [-0.39, 0.29) is 0 Å². The average Bonchev–Trinajstić information content (AvgIpc) is 2.36. The maximum Gasteiger partial charge on any atom is 0.169 e. The fourth-order valence-electron chi connectivity index (χ4n) is 1.57. The molecule has 0 unspecified atom stereocenters. The highest BCUT2D eigenvalue weighted by atomic mass is 79.9. The topological polar surface area (TPSA) is 44.5 Å². The minimum atomic E-state index is 0.671. The van der Waals surface area contributed by atoms with Crippen LogP contribution in [0.2, 0.25) is 0 Å². The number of hydrogen-bond donors (Lipinski definition) is 1. The number of methoxy groups -OCH3 is 1. The number of nitrogen functional groups attached to an aromatic ring is 1. The molecule has 0 spiro atoms. The van der Waals surface area contributed by atoms with Crippen molar-refractivity contribution in [3.63, 3.8) is 0 Å². The first-order valence-corrected chi connectivity index (χ1v) is 6.27. The van der Waals surface area contributed by atoms with E-state index in [1.54, 1.807) is 7.11 Å². The standard InChI is InChI=1S/C14H14BrNO2/c1-9-7-14(10(15)8-11(9)16)18-13-6-4-3-5-12(13)17-2/h3-8H,16H2,1-2H3. The van der Waals surface area contributed by atoms with Crippen LogP contribution in [0.5, 0.6) is 17.2 Å². The van der Waals surface area contributed by atoms with Crippen LogP contribution < -0.4 is 15.2 Å². The Hall–Kier alpha value is -1.68. The molecular weight excluding hydrogens is 294 g/mol. The third-order valence-electron chi connectivity index (χ3n) is 2.61. The largest absolute Gasteiger partial charge is 0.493 e. The molecule has 0 fully saturated rings. The van der Waals surface area contributed by atoms with Gasteiger partial charge in [-0.15, -0.1) is 0 Å². The van der Waals surface area contributed by atoms with Crippen molar-refractivity contribution >= 4 is 21.6 Å². The molecule has 0 amide bonds. The van der Waals surface area contributed by atoms with E-state index in [1.807, 2.05) is 43.3 Å². The molecule has 0 saturated carbocycles. The molecule has 94 valence electrons. The van der Waals surface area contributed by atoms with Gasteiger partial charge in [-0.05, 0) is 52.7 Å². The van der Waals surface area contributed by atoms with Crippen LogP contribution in [0, 0.1) is 6.92 Å². The molecule has 0 heterocycles. The van der Waals surface area contributed by atoms with Gasteiger partial charge in [0.2, 0.25) is 0 Å². The van der Waals surface area contributed by atoms with E-state index < -0.39 is 0 Å². The predicted octanol–water partition coefficient (Wildman–Crippen LogP) is 4.14. The van der Waals surface area contributed by atoms with Crippen molar-refractivity contribution in [1.29, 1.82) is 0 Å². The van der Waals surface area contributed by atoms with Crippen molar-refractivity contribution in [3.05, 3.63) is 46.4 Å². The summed E-state index contributed by atoms with van der Waals surface area (Å²) in [6, 6.07) is 11.2. The van der Waals surface area contributed by atoms with E-state index in [0.717, 1.165) is 15.7 Å². The number of nitrogens with two attached hydrogens (primary N) is 1. The van der Waals surface area contributed by atoms with E-state index >= 15 is 0 Å². The van der Waals surface area contributed by atoms with Gasteiger partial charge >= 0.3 is 0 Å². The first kappa shape index (κ1) is 12.8. The van der Waals surface area contributed by atoms with Gasteiger partial charge in [0.15, 0.2) is 11.5 Å². The number of halogens is 1. The second-order valence-electron chi connectivity index (χ2n) is 3.89. The fourth-order valence-corrected chi connectivity index (χ4v) is 2.01. The van der Waals surface area contributed by atoms with Crippen LogP contribution in [-0.4, -0.2) is 7.11 Å². The van der Waals surface area contributed by atoms with Crippen LogP contribution in [-0.2, 0) is 0 Å². The van der Waals surface area contributed by atoms with Crippen molar-refractivity contribution < 1.29 is 9.47 Å². The molecule has 0 atom stereocenters. The molecule has 3 nitrogen and oxygen atoms in total. The van der Waals surface area contributed by atoms with Gasteiger partial charge in [-0.2, -0.15) is 0 Å². The highest BCUT2D eigenvalue weighted by molar-refractivity contribution is 9.10. The van der Waals surface area contributed by atoms with Gasteiger partial charge in [0.05, 0.1) is 11.6 Å². The first-order valence-electron chi connectivity index (χ1n) is 5.48.